The Hall–Kier alpha value is -3.89. The van der Waals surface area contributed by atoms with Crippen molar-refractivity contribution in [3.05, 3.63) is 72.0 Å². The lowest BCUT2D eigenvalue weighted by Crippen LogP contribution is -2.19. The number of amides is 1. The van der Waals surface area contributed by atoms with Crippen molar-refractivity contribution in [1.29, 1.82) is 4.78 Å². The van der Waals surface area contributed by atoms with Gasteiger partial charge in [-0.15, -0.1) is 0 Å². The molecule has 180 valence electrons. The van der Waals surface area contributed by atoms with Gasteiger partial charge in [0.25, 0.3) is 0 Å². The number of halogens is 1. The molecule has 9 nitrogen and oxygen atoms in total. The van der Waals surface area contributed by atoms with Crippen LogP contribution in [0.3, 0.4) is 0 Å². The van der Waals surface area contributed by atoms with E-state index in [1.54, 1.807) is 18.2 Å². The minimum absolute atomic E-state index is 0.237. The summed E-state index contributed by atoms with van der Waals surface area (Å²) in [4.78, 5) is 23.9. The van der Waals surface area contributed by atoms with Gasteiger partial charge in [-0.1, -0.05) is 30.3 Å². The third-order valence-corrected chi connectivity index (χ3v) is 6.70. The summed E-state index contributed by atoms with van der Waals surface area (Å²) >= 11 is 6.45. The highest BCUT2D eigenvalue weighted by molar-refractivity contribution is 7.91. The molecule has 2 aromatic heterocycles. The number of rotatable bonds is 8. The zero-order chi connectivity index (χ0) is 25.2. The van der Waals surface area contributed by atoms with Gasteiger partial charge in [-0.05, 0) is 35.9 Å². The van der Waals surface area contributed by atoms with Crippen molar-refractivity contribution >= 4 is 49.8 Å². The second-order valence-corrected chi connectivity index (χ2v) is 10.3. The van der Waals surface area contributed by atoms with E-state index in [1.807, 2.05) is 24.4 Å². The number of anilines is 2. The van der Waals surface area contributed by atoms with Crippen molar-refractivity contribution in [3.63, 3.8) is 0 Å². The molecule has 1 unspecified atom stereocenters. The third-order valence-electron chi connectivity index (χ3n) is 5.27. The number of nitrogens with one attached hydrogen (secondary N) is 4. The molecule has 1 atom stereocenters. The summed E-state index contributed by atoms with van der Waals surface area (Å²) < 4.78 is 25.3. The lowest BCUT2D eigenvalue weighted by molar-refractivity contribution is -0.116. The summed E-state index contributed by atoms with van der Waals surface area (Å²) in [6, 6.07) is 10.6. The van der Waals surface area contributed by atoms with Crippen molar-refractivity contribution in [3.8, 4) is 17.0 Å². The summed E-state index contributed by atoms with van der Waals surface area (Å²) in [5.41, 5.74) is 3.67. The number of H-pyrrole nitrogens is 1. The minimum Gasteiger partial charge on any atom is -0.495 e. The molecule has 0 aliphatic carbocycles. The molecule has 4 aromatic rings. The number of carbonyl (C=O) groups is 1. The second-order valence-electron chi connectivity index (χ2n) is 7.73. The molecular formula is C24H23ClN6O3S. The maximum absolute atomic E-state index is 12.1. The van der Waals surface area contributed by atoms with Gasteiger partial charge < -0.3 is 20.4 Å². The predicted octanol–water partition coefficient (Wildman–Crippen LogP) is 4.87. The average molecular weight is 511 g/mol. The fourth-order valence-corrected chi connectivity index (χ4v) is 4.35. The largest absolute Gasteiger partial charge is 0.495 e. The number of hydrogen-bond acceptors (Lipinski definition) is 7. The molecular weight excluding hydrogens is 488 g/mol. The van der Waals surface area contributed by atoms with E-state index >= 15 is 0 Å². The van der Waals surface area contributed by atoms with Crippen molar-refractivity contribution in [2.24, 2.45) is 0 Å². The van der Waals surface area contributed by atoms with Gasteiger partial charge in [0.05, 0.1) is 44.3 Å². The van der Waals surface area contributed by atoms with E-state index in [9.17, 15) is 9.00 Å². The van der Waals surface area contributed by atoms with E-state index in [1.165, 1.54) is 25.6 Å². The first kappa shape index (κ1) is 24.2. The first-order valence-corrected chi connectivity index (χ1v) is 12.8. The van der Waals surface area contributed by atoms with Crippen LogP contribution in [0, 0.1) is 4.78 Å². The van der Waals surface area contributed by atoms with Gasteiger partial charge in [-0.3, -0.25) is 4.79 Å². The van der Waals surface area contributed by atoms with Gasteiger partial charge in [0.2, 0.25) is 11.9 Å². The highest BCUT2D eigenvalue weighted by Crippen LogP contribution is 2.34. The molecule has 1 amide bonds. The molecule has 2 heterocycles. The van der Waals surface area contributed by atoms with E-state index < -0.39 is 9.73 Å². The maximum Gasteiger partial charge on any atom is 0.243 e. The number of hydrogen-bond donors (Lipinski definition) is 4. The van der Waals surface area contributed by atoms with Crippen LogP contribution >= 0.6 is 11.6 Å². The number of ether oxygens (including phenoxy) is 1. The Morgan fingerprint density at radius 1 is 1.31 bits per heavy atom. The fraction of sp³-hybridized carbons (Fsp3) is 0.125. The summed E-state index contributed by atoms with van der Waals surface area (Å²) in [5.74, 6) is 0.462. The zero-order valence-corrected chi connectivity index (χ0v) is 20.6. The van der Waals surface area contributed by atoms with Crippen LogP contribution in [0.5, 0.6) is 5.75 Å². The molecule has 0 saturated carbocycles. The molecule has 0 bridgehead atoms. The predicted molar refractivity (Wildman–Crippen MR) is 138 cm³/mol. The highest BCUT2D eigenvalue weighted by atomic mass is 35.5. The van der Waals surface area contributed by atoms with Gasteiger partial charge in [0, 0.05) is 35.5 Å². The zero-order valence-electron chi connectivity index (χ0n) is 19.0. The molecule has 0 spiro atoms. The maximum atomic E-state index is 12.1. The first-order valence-electron chi connectivity index (χ1n) is 10.4. The molecule has 11 heteroatoms. The Morgan fingerprint density at radius 2 is 2.11 bits per heavy atom. The molecule has 0 fully saturated rings. The SMILES string of the molecule is C=CC(=O)NCc1ccc2c(-c3nc(Nc4ccc(S(C)(=N)=O)cc4OC)ncc3Cl)c[nH]c2c1. The molecule has 4 rings (SSSR count). The minimum atomic E-state index is -2.89. The quantitative estimate of drug-likeness (QED) is 0.250. The Morgan fingerprint density at radius 3 is 2.83 bits per heavy atom. The number of aromatic nitrogens is 3. The highest BCUT2D eigenvalue weighted by Gasteiger charge is 2.15. The van der Waals surface area contributed by atoms with Crippen LogP contribution in [0.4, 0.5) is 11.6 Å². The van der Waals surface area contributed by atoms with Crippen LogP contribution in [0.25, 0.3) is 22.2 Å². The van der Waals surface area contributed by atoms with E-state index in [2.05, 4.69) is 32.2 Å². The molecule has 0 aliphatic heterocycles. The number of nitrogens with zero attached hydrogens (tertiary/aromatic N) is 2. The van der Waals surface area contributed by atoms with Crippen molar-refractivity contribution in [2.75, 3.05) is 18.7 Å². The van der Waals surface area contributed by atoms with E-state index in [4.69, 9.17) is 21.1 Å². The molecule has 35 heavy (non-hydrogen) atoms. The van der Waals surface area contributed by atoms with Crippen molar-refractivity contribution in [2.45, 2.75) is 11.4 Å². The van der Waals surface area contributed by atoms with Gasteiger partial charge in [0.15, 0.2) is 0 Å². The smallest absolute Gasteiger partial charge is 0.243 e. The number of carbonyl (C=O) groups excluding carboxylic acids is 1. The van der Waals surface area contributed by atoms with Crippen LogP contribution in [0.15, 0.2) is 66.3 Å². The van der Waals surface area contributed by atoms with Gasteiger partial charge in [-0.25, -0.2) is 19.0 Å². The van der Waals surface area contributed by atoms with Gasteiger partial charge in [0.1, 0.15) is 5.75 Å². The van der Waals surface area contributed by atoms with E-state index in [0.29, 0.717) is 33.6 Å². The molecule has 0 aliphatic rings. The number of fused-ring (bicyclic) bond motifs is 1. The van der Waals surface area contributed by atoms with Crippen LogP contribution in [-0.4, -0.2) is 38.4 Å². The topological polar surface area (TPSA) is 133 Å². The molecule has 4 N–H and O–H groups in total. The van der Waals surface area contributed by atoms with Crippen LogP contribution in [0.2, 0.25) is 5.02 Å². The second kappa shape index (κ2) is 9.77. The van der Waals surface area contributed by atoms with E-state index in [0.717, 1.165) is 22.0 Å². The van der Waals surface area contributed by atoms with Crippen molar-refractivity contribution in [1.82, 2.24) is 20.3 Å². The number of methoxy groups -OCH3 is 1. The number of benzene rings is 2. The van der Waals surface area contributed by atoms with Gasteiger partial charge >= 0.3 is 0 Å². The summed E-state index contributed by atoms with van der Waals surface area (Å²) in [5, 5.41) is 7.14. The lowest BCUT2D eigenvalue weighted by Gasteiger charge is -2.13. The monoisotopic (exact) mass is 510 g/mol. The third kappa shape index (κ3) is 5.28. The van der Waals surface area contributed by atoms with Crippen molar-refractivity contribution < 1.29 is 13.7 Å². The summed E-state index contributed by atoms with van der Waals surface area (Å²) in [7, 11) is -1.40. The Kier molecular flexibility index (Phi) is 6.77. The Bertz CT molecular complexity index is 1550. The van der Waals surface area contributed by atoms with E-state index in [-0.39, 0.29) is 11.9 Å². The first-order chi connectivity index (χ1) is 16.7. The molecule has 0 radical (unpaired) electrons. The number of aromatic amines is 1. The standard InChI is InChI=1S/C24H23ClN6O3S/c1-4-22(32)28-11-14-5-7-16-17(12-27-20(16)9-14)23-18(25)13-29-24(31-23)30-19-8-6-15(35(3,26)33)10-21(19)34-2/h4-10,12-13,26-27H,1,11H2,2-3H3,(H,28,32)(H,29,30,31). The summed E-state index contributed by atoms with van der Waals surface area (Å²) in [6.45, 7) is 3.83. The fourth-order valence-electron chi connectivity index (χ4n) is 3.49. The summed E-state index contributed by atoms with van der Waals surface area (Å²) in [6.07, 6.45) is 5.91. The normalized spacial score (nSPS) is 12.7. The van der Waals surface area contributed by atoms with Crippen LogP contribution < -0.4 is 15.4 Å². The van der Waals surface area contributed by atoms with Gasteiger partial charge in [-0.2, -0.15) is 0 Å². The van der Waals surface area contributed by atoms with Crippen LogP contribution in [0.1, 0.15) is 5.56 Å². The average Bonchev–Trinajstić information content (AvgIpc) is 3.26. The molecule has 0 saturated heterocycles. The Labute approximate surface area is 207 Å². The van der Waals surface area contributed by atoms with Crippen LogP contribution in [-0.2, 0) is 21.1 Å². The molecule has 2 aromatic carbocycles. The lowest BCUT2D eigenvalue weighted by atomic mass is 10.1. The Balaban J connectivity index is 1.65.